The number of ether oxygens (including phenoxy) is 1. The summed E-state index contributed by atoms with van der Waals surface area (Å²) < 4.78 is 30.7. The molecule has 1 unspecified atom stereocenters. The van der Waals surface area contributed by atoms with Gasteiger partial charge in [-0.3, -0.25) is 0 Å². The van der Waals surface area contributed by atoms with E-state index in [-0.39, 0.29) is 12.2 Å². The van der Waals surface area contributed by atoms with Gasteiger partial charge in [0, 0.05) is 13.2 Å². The third-order valence-electron chi connectivity index (χ3n) is 2.37. The van der Waals surface area contributed by atoms with Gasteiger partial charge in [-0.2, -0.15) is 0 Å². The van der Waals surface area contributed by atoms with Crippen LogP contribution in [0.25, 0.3) is 0 Å². The van der Waals surface area contributed by atoms with Gasteiger partial charge in [0.1, 0.15) is 17.2 Å². The van der Waals surface area contributed by atoms with Gasteiger partial charge in [0.05, 0.1) is 6.61 Å². The molecule has 0 aliphatic carbocycles. The molecule has 0 spiro atoms. The van der Waals surface area contributed by atoms with Crippen LogP contribution in [-0.2, 0) is 10.3 Å². The molecule has 1 N–H and O–H groups in total. The number of hydrogen-bond acceptors (Lipinski definition) is 2. The molecule has 2 nitrogen and oxygen atoms in total. The number of hydrogen-bond donors (Lipinski definition) is 1. The normalized spacial score (nSPS) is 15.0. The number of benzene rings is 1. The fourth-order valence-electron chi connectivity index (χ4n) is 1.45. The van der Waals surface area contributed by atoms with Crippen LogP contribution in [0.4, 0.5) is 8.78 Å². The summed E-state index contributed by atoms with van der Waals surface area (Å²) in [5.74, 6) is -1.40. The quantitative estimate of drug-likeness (QED) is 0.836. The molecule has 1 atom stereocenters. The molecule has 0 amide bonds. The van der Waals surface area contributed by atoms with Crippen molar-refractivity contribution < 1.29 is 18.6 Å². The molecule has 0 saturated heterocycles. The summed E-state index contributed by atoms with van der Waals surface area (Å²) in [4.78, 5) is 0. The molecular weight excluding hydrogens is 202 g/mol. The second-order valence-electron chi connectivity index (χ2n) is 3.48. The number of aliphatic hydroxyl groups is 1. The Morgan fingerprint density at radius 2 is 1.80 bits per heavy atom. The Morgan fingerprint density at radius 3 is 2.20 bits per heavy atom. The highest BCUT2D eigenvalue weighted by Crippen LogP contribution is 2.26. The van der Waals surface area contributed by atoms with Crippen molar-refractivity contribution in [3.63, 3.8) is 0 Å². The van der Waals surface area contributed by atoms with E-state index in [4.69, 9.17) is 4.74 Å². The minimum atomic E-state index is -1.34. The van der Waals surface area contributed by atoms with E-state index >= 15 is 0 Å². The molecule has 0 fully saturated rings. The Labute approximate surface area is 87.5 Å². The fourth-order valence-corrected chi connectivity index (χ4v) is 1.45. The highest BCUT2D eigenvalue weighted by Gasteiger charge is 2.28. The molecule has 1 aromatic rings. The maximum Gasteiger partial charge on any atom is 0.126 e. The van der Waals surface area contributed by atoms with Crippen LogP contribution in [0.1, 0.15) is 18.9 Å². The highest BCUT2D eigenvalue weighted by atomic mass is 19.1. The first-order valence-electron chi connectivity index (χ1n) is 4.69. The van der Waals surface area contributed by atoms with E-state index in [1.807, 2.05) is 0 Å². The summed E-state index contributed by atoms with van der Waals surface area (Å²) in [5.41, 5.74) is -1.14. The summed E-state index contributed by atoms with van der Waals surface area (Å²) in [5, 5.41) is 10.1. The topological polar surface area (TPSA) is 29.5 Å². The third-order valence-corrected chi connectivity index (χ3v) is 2.37. The van der Waals surface area contributed by atoms with Gasteiger partial charge in [0.25, 0.3) is 0 Å². The second kappa shape index (κ2) is 4.68. The molecule has 4 heteroatoms. The summed E-state index contributed by atoms with van der Waals surface area (Å²) in [6, 6.07) is 3.00. The van der Waals surface area contributed by atoms with Crippen LogP contribution in [0.15, 0.2) is 18.2 Å². The van der Waals surface area contributed by atoms with E-state index in [0.29, 0.717) is 6.42 Å². The van der Waals surface area contributed by atoms with Crippen molar-refractivity contribution in [2.24, 2.45) is 0 Å². The standard InChI is InChI=1S/C11H14F2O2/c1-3-11(14,7-15-2)8-4-9(12)6-10(13)5-8/h4-6,14H,3,7H2,1-2H3. The summed E-state index contributed by atoms with van der Waals surface area (Å²) in [7, 11) is 1.43. The van der Waals surface area contributed by atoms with Crippen LogP contribution in [0.3, 0.4) is 0 Å². The number of rotatable bonds is 4. The smallest absolute Gasteiger partial charge is 0.126 e. The predicted octanol–water partition coefficient (Wildman–Crippen LogP) is 2.21. The van der Waals surface area contributed by atoms with Crippen molar-refractivity contribution in [2.75, 3.05) is 13.7 Å². The lowest BCUT2D eigenvalue weighted by atomic mass is 9.92. The Hall–Kier alpha value is -1.00. The number of methoxy groups -OCH3 is 1. The van der Waals surface area contributed by atoms with Gasteiger partial charge in [0.15, 0.2) is 0 Å². The fraction of sp³-hybridized carbons (Fsp3) is 0.455. The van der Waals surface area contributed by atoms with Crippen molar-refractivity contribution in [1.82, 2.24) is 0 Å². The Morgan fingerprint density at radius 1 is 1.27 bits per heavy atom. The predicted molar refractivity (Wildman–Crippen MR) is 52.4 cm³/mol. The van der Waals surface area contributed by atoms with E-state index in [1.54, 1.807) is 6.92 Å². The maximum absolute atomic E-state index is 12.9. The minimum absolute atomic E-state index is 0.00634. The zero-order valence-electron chi connectivity index (χ0n) is 8.76. The molecule has 15 heavy (non-hydrogen) atoms. The first-order chi connectivity index (χ1) is 7.01. The van der Waals surface area contributed by atoms with Crippen LogP contribution < -0.4 is 0 Å². The summed E-state index contributed by atoms with van der Waals surface area (Å²) in [6.45, 7) is 1.73. The van der Waals surface area contributed by atoms with Crippen molar-refractivity contribution in [1.29, 1.82) is 0 Å². The third kappa shape index (κ3) is 2.73. The molecule has 1 aromatic carbocycles. The second-order valence-corrected chi connectivity index (χ2v) is 3.48. The van der Waals surface area contributed by atoms with Gasteiger partial charge in [0.2, 0.25) is 0 Å². The minimum Gasteiger partial charge on any atom is -0.383 e. The van der Waals surface area contributed by atoms with Crippen molar-refractivity contribution in [3.8, 4) is 0 Å². The van der Waals surface area contributed by atoms with Gasteiger partial charge in [-0.1, -0.05) is 6.92 Å². The van der Waals surface area contributed by atoms with Crippen molar-refractivity contribution in [2.45, 2.75) is 18.9 Å². The van der Waals surface area contributed by atoms with Gasteiger partial charge >= 0.3 is 0 Å². The van der Waals surface area contributed by atoms with Crippen LogP contribution in [0, 0.1) is 11.6 Å². The lowest BCUT2D eigenvalue weighted by Gasteiger charge is -2.26. The molecule has 0 aliphatic heterocycles. The van der Waals surface area contributed by atoms with E-state index in [2.05, 4.69) is 0 Å². The monoisotopic (exact) mass is 216 g/mol. The van der Waals surface area contributed by atoms with Gasteiger partial charge in [-0.05, 0) is 24.1 Å². The van der Waals surface area contributed by atoms with Crippen LogP contribution in [-0.4, -0.2) is 18.8 Å². The molecule has 84 valence electrons. The van der Waals surface area contributed by atoms with Crippen molar-refractivity contribution in [3.05, 3.63) is 35.4 Å². The lowest BCUT2D eigenvalue weighted by Crippen LogP contribution is -2.30. The molecule has 0 saturated carbocycles. The zero-order chi connectivity index (χ0) is 11.5. The van der Waals surface area contributed by atoms with E-state index in [9.17, 15) is 13.9 Å². The van der Waals surface area contributed by atoms with Gasteiger partial charge in [-0.15, -0.1) is 0 Å². The van der Waals surface area contributed by atoms with Crippen LogP contribution >= 0.6 is 0 Å². The summed E-state index contributed by atoms with van der Waals surface area (Å²) in [6.07, 6.45) is 0.323. The van der Waals surface area contributed by atoms with Gasteiger partial charge < -0.3 is 9.84 Å². The maximum atomic E-state index is 12.9. The summed E-state index contributed by atoms with van der Waals surface area (Å²) >= 11 is 0. The molecule has 0 aliphatic rings. The average molecular weight is 216 g/mol. The van der Waals surface area contributed by atoms with Crippen LogP contribution in [0.2, 0.25) is 0 Å². The Balaban J connectivity index is 3.11. The van der Waals surface area contributed by atoms with E-state index in [1.165, 1.54) is 7.11 Å². The molecule has 0 bridgehead atoms. The first-order valence-corrected chi connectivity index (χ1v) is 4.69. The lowest BCUT2D eigenvalue weighted by molar-refractivity contribution is -0.0390. The largest absolute Gasteiger partial charge is 0.383 e. The molecule has 0 radical (unpaired) electrons. The Bertz CT molecular complexity index is 321. The van der Waals surface area contributed by atoms with E-state index in [0.717, 1.165) is 18.2 Å². The van der Waals surface area contributed by atoms with Gasteiger partial charge in [-0.25, -0.2) is 8.78 Å². The van der Waals surface area contributed by atoms with Crippen LogP contribution in [0.5, 0.6) is 0 Å². The average Bonchev–Trinajstić information content (AvgIpc) is 2.16. The first kappa shape index (κ1) is 12.1. The highest BCUT2D eigenvalue weighted by molar-refractivity contribution is 5.24. The number of halogens is 2. The molecule has 0 heterocycles. The SMILES string of the molecule is CCC(O)(COC)c1cc(F)cc(F)c1. The Kier molecular flexibility index (Phi) is 3.77. The molecule has 1 rings (SSSR count). The zero-order valence-corrected chi connectivity index (χ0v) is 8.76. The van der Waals surface area contributed by atoms with Crippen molar-refractivity contribution >= 4 is 0 Å². The van der Waals surface area contributed by atoms with E-state index < -0.39 is 17.2 Å². The molecular formula is C11H14F2O2. The molecule has 0 aromatic heterocycles.